The van der Waals surface area contributed by atoms with Gasteiger partial charge in [-0.2, -0.15) is 0 Å². The molecule has 50 valence electrons. The predicted molar refractivity (Wildman–Crippen MR) is 41.0 cm³/mol. The summed E-state index contributed by atoms with van der Waals surface area (Å²) in [5.41, 5.74) is 0.156. The summed E-state index contributed by atoms with van der Waals surface area (Å²) in [6, 6.07) is 0. The highest BCUT2D eigenvalue weighted by atomic mass is 32.1. The molecular weight excluding hydrogens is 118 g/mol. The van der Waals surface area contributed by atoms with Gasteiger partial charge in [-0.25, -0.2) is 0 Å². The number of rotatable bonds is 2. The van der Waals surface area contributed by atoms with Gasteiger partial charge in [-0.05, 0) is 19.8 Å². The van der Waals surface area contributed by atoms with Crippen molar-refractivity contribution in [2.75, 3.05) is 0 Å². The summed E-state index contributed by atoms with van der Waals surface area (Å²) in [5.74, 6) is 0.625. The monoisotopic (exact) mass is 133 g/mol. The van der Waals surface area contributed by atoms with Crippen molar-refractivity contribution in [2.24, 2.45) is 5.92 Å². The van der Waals surface area contributed by atoms with Crippen LogP contribution in [0.25, 0.3) is 0 Å². The zero-order valence-electron chi connectivity index (χ0n) is 6.02. The molecule has 0 unspecified atom stereocenters. The molecule has 2 heteroatoms. The van der Waals surface area contributed by atoms with Crippen molar-refractivity contribution in [3.8, 4) is 0 Å². The molecule has 0 saturated heterocycles. The van der Waals surface area contributed by atoms with Gasteiger partial charge < -0.3 is 0 Å². The first kappa shape index (κ1) is 8.31. The first-order chi connectivity index (χ1) is 3.50. The van der Waals surface area contributed by atoms with E-state index in [1.807, 2.05) is 0 Å². The van der Waals surface area contributed by atoms with Crippen LogP contribution in [-0.4, -0.2) is 5.54 Å². The number of thiol groups is 1. The van der Waals surface area contributed by atoms with Gasteiger partial charge in [0.05, 0.1) is 0 Å². The lowest BCUT2D eigenvalue weighted by molar-refractivity contribution is 0.348. The van der Waals surface area contributed by atoms with E-state index in [4.69, 9.17) is 0 Å². The molecule has 1 N–H and O–H groups in total. The highest BCUT2D eigenvalue weighted by Crippen LogP contribution is 2.14. The maximum absolute atomic E-state index is 3.99. The fourth-order valence-electron chi connectivity index (χ4n) is 0.129. The van der Waals surface area contributed by atoms with E-state index in [1.54, 1.807) is 0 Å². The number of hydrogen-bond acceptors (Lipinski definition) is 2. The molecule has 8 heavy (non-hydrogen) atoms. The van der Waals surface area contributed by atoms with Crippen LogP contribution in [0.4, 0.5) is 0 Å². The van der Waals surface area contributed by atoms with Crippen LogP contribution in [0.5, 0.6) is 0 Å². The largest absolute Gasteiger partial charge is 0.261 e. The van der Waals surface area contributed by atoms with Crippen LogP contribution in [0.3, 0.4) is 0 Å². The molecule has 0 aliphatic heterocycles. The second-order valence-corrected chi connectivity index (χ2v) is 3.21. The summed E-state index contributed by atoms with van der Waals surface area (Å²) >= 11 is 3.99. The van der Waals surface area contributed by atoms with Crippen molar-refractivity contribution in [1.29, 1.82) is 0 Å². The topological polar surface area (TPSA) is 12.0 Å². The lowest BCUT2D eigenvalue weighted by atomic mass is 9.92. The normalized spacial score (nSPS) is 12.8. The molecule has 0 radical (unpaired) electrons. The molecule has 0 bridgehead atoms. The molecule has 0 aliphatic carbocycles. The van der Waals surface area contributed by atoms with Gasteiger partial charge in [0.25, 0.3) is 0 Å². The van der Waals surface area contributed by atoms with Crippen LogP contribution in [0.15, 0.2) is 0 Å². The van der Waals surface area contributed by atoms with Crippen LogP contribution >= 0.6 is 12.8 Å². The van der Waals surface area contributed by atoms with Crippen LogP contribution in [0.1, 0.15) is 27.7 Å². The Morgan fingerprint density at radius 1 is 1.38 bits per heavy atom. The minimum atomic E-state index is 0.156. The van der Waals surface area contributed by atoms with Gasteiger partial charge in [0.15, 0.2) is 0 Å². The highest BCUT2D eigenvalue weighted by Gasteiger charge is 2.18. The molecular formula is C6H15NS. The Labute approximate surface area is 57.4 Å². The summed E-state index contributed by atoms with van der Waals surface area (Å²) in [7, 11) is 0. The molecule has 0 fully saturated rings. The molecule has 0 saturated carbocycles. The molecule has 0 amide bonds. The Kier molecular flexibility index (Phi) is 2.84. The Hall–Kier alpha value is 0.310. The van der Waals surface area contributed by atoms with Crippen molar-refractivity contribution < 1.29 is 0 Å². The quantitative estimate of drug-likeness (QED) is 0.548. The highest BCUT2D eigenvalue weighted by molar-refractivity contribution is 7.78. The fraction of sp³-hybridized carbons (Fsp3) is 1.00. The van der Waals surface area contributed by atoms with Gasteiger partial charge >= 0.3 is 0 Å². The third kappa shape index (κ3) is 2.05. The van der Waals surface area contributed by atoms with E-state index in [1.165, 1.54) is 0 Å². The summed E-state index contributed by atoms with van der Waals surface area (Å²) < 4.78 is 2.94. The van der Waals surface area contributed by atoms with E-state index in [0.717, 1.165) is 0 Å². The average Bonchev–Trinajstić information content (AvgIpc) is 1.67. The molecule has 0 rings (SSSR count). The summed E-state index contributed by atoms with van der Waals surface area (Å²) in [6.07, 6.45) is 0. The smallest absolute Gasteiger partial charge is 0.0247 e. The van der Waals surface area contributed by atoms with Crippen LogP contribution in [0.2, 0.25) is 0 Å². The second-order valence-electron chi connectivity index (χ2n) is 2.99. The van der Waals surface area contributed by atoms with Gasteiger partial charge in [-0.1, -0.05) is 26.7 Å². The van der Waals surface area contributed by atoms with Gasteiger partial charge in [-0.15, -0.1) is 0 Å². The average molecular weight is 133 g/mol. The van der Waals surface area contributed by atoms with E-state index in [2.05, 4.69) is 45.2 Å². The van der Waals surface area contributed by atoms with Gasteiger partial charge in [0.2, 0.25) is 0 Å². The third-order valence-electron chi connectivity index (χ3n) is 1.73. The summed E-state index contributed by atoms with van der Waals surface area (Å²) in [5, 5.41) is 0. The van der Waals surface area contributed by atoms with Gasteiger partial charge in [0.1, 0.15) is 0 Å². The maximum atomic E-state index is 3.99. The molecule has 0 spiro atoms. The van der Waals surface area contributed by atoms with Crippen molar-refractivity contribution >= 4 is 12.8 Å². The van der Waals surface area contributed by atoms with E-state index in [-0.39, 0.29) is 5.54 Å². The fourth-order valence-corrected chi connectivity index (χ4v) is 0.387. The molecule has 0 atom stereocenters. The molecule has 0 aromatic heterocycles. The van der Waals surface area contributed by atoms with E-state index >= 15 is 0 Å². The Morgan fingerprint density at radius 3 is 1.75 bits per heavy atom. The number of nitrogens with one attached hydrogen (secondary N) is 1. The van der Waals surface area contributed by atoms with E-state index in [9.17, 15) is 0 Å². The van der Waals surface area contributed by atoms with Crippen molar-refractivity contribution in [3.63, 3.8) is 0 Å². The molecule has 0 aromatic rings. The molecule has 0 heterocycles. The summed E-state index contributed by atoms with van der Waals surface area (Å²) in [4.78, 5) is 0. The summed E-state index contributed by atoms with van der Waals surface area (Å²) in [6.45, 7) is 8.60. The maximum Gasteiger partial charge on any atom is 0.0247 e. The van der Waals surface area contributed by atoms with Gasteiger partial charge in [0, 0.05) is 5.54 Å². The van der Waals surface area contributed by atoms with Crippen LogP contribution in [0, 0.1) is 5.92 Å². The Morgan fingerprint density at radius 2 is 1.75 bits per heavy atom. The molecule has 0 aliphatic rings. The van der Waals surface area contributed by atoms with Crippen LogP contribution in [-0.2, 0) is 0 Å². The minimum absolute atomic E-state index is 0.156. The van der Waals surface area contributed by atoms with Crippen molar-refractivity contribution in [2.45, 2.75) is 33.2 Å². The van der Waals surface area contributed by atoms with E-state index in [0.29, 0.717) is 5.92 Å². The zero-order valence-corrected chi connectivity index (χ0v) is 6.92. The first-order valence-electron chi connectivity index (χ1n) is 2.92. The third-order valence-corrected chi connectivity index (χ3v) is 2.31. The lowest BCUT2D eigenvalue weighted by Crippen LogP contribution is -2.38. The van der Waals surface area contributed by atoms with Crippen molar-refractivity contribution in [3.05, 3.63) is 0 Å². The molecule has 1 nitrogen and oxygen atoms in total. The SMILES string of the molecule is CC(C)C(C)(C)NS. The Bertz CT molecular complexity index is 68.9. The second kappa shape index (κ2) is 2.74. The van der Waals surface area contributed by atoms with E-state index < -0.39 is 0 Å². The molecule has 0 aromatic carbocycles. The predicted octanol–water partition coefficient (Wildman–Crippen LogP) is 1.86. The van der Waals surface area contributed by atoms with Crippen molar-refractivity contribution in [1.82, 2.24) is 4.72 Å². The lowest BCUT2D eigenvalue weighted by Gasteiger charge is -2.27. The first-order valence-corrected chi connectivity index (χ1v) is 3.36. The standard InChI is InChI=1S/C6H15NS/c1-5(2)6(3,4)7-8/h5,7-8H,1-4H3. The minimum Gasteiger partial charge on any atom is -0.261 e. The van der Waals surface area contributed by atoms with Gasteiger partial charge in [-0.3, -0.25) is 4.72 Å². The zero-order chi connectivity index (χ0) is 6.78. The Balaban J connectivity index is 3.71. The van der Waals surface area contributed by atoms with Crippen LogP contribution < -0.4 is 4.72 Å². The number of hydrogen-bond donors (Lipinski definition) is 2.